The van der Waals surface area contributed by atoms with Gasteiger partial charge in [0.25, 0.3) is 0 Å². The summed E-state index contributed by atoms with van der Waals surface area (Å²) < 4.78 is 5.73. The minimum absolute atomic E-state index is 0.00559. The van der Waals surface area contributed by atoms with E-state index in [4.69, 9.17) is 4.42 Å². The summed E-state index contributed by atoms with van der Waals surface area (Å²) in [6.07, 6.45) is 3.52. The van der Waals surface area contributed by atoms with Crippen molar-refractivity contribution in [3.8, 4) is 11.3 Å². The van der Waals surface area contributed by atoms with Crippen molar-refractivity contribution in [2.75, 3.05) is 5.32 Å². The molecule has 0 aliphatic carbocycles. The van der Waals surface area contributed by atoms with E-state index in [2.05, 4.69) is 10.3 Å². The molecule has 3 aromatic rings. The molecule has 0 aliphatic heterocycles. The van der Waals surface area contributed by atoms with E-state index in [0.29, 0.717) is 25.2 Å². The van der Waals surface area contributed by atoms with Gasteiger partial charge in [-0.3, -0.25) is 4.79 Å². The number of anilines is 1. The molecule has 2 aromatic carbocycles. The Morgan fingerprint density at radius 2 is 1.70 bits per heavy atom. The summed E-state index contributed by atoms with van der Waals surface area (Å²) in [7, 11) is 0. The van der Waals surface area contributed by atoms with Crippen LogP contribution in [0, 0.1) is 0 Å². The van der Waals surface area contributed by atoms with Crippen LogP contribution in [0.2, 0.25) is 0 Å². The lowest BCUT2D eigenvalue weighted by Gasteiger charge is -2.03. The van der Waals surface area contributed by atoms with Crippen LogP contribution >= 0.6 is 0 Å². The van der Waals surface area contributed by atoms with Crippen LogP contribution in [0.15, 0.2) is 71.3 Å². The number of amides is 1. The smallest absolute Gasteiger partial charge is 0.224 e. The summed E-state index contributed by atoms with van der Waals surface area (Å²) in [5.41, 5.74) is 1.83. The number of oxazole rings is 1. The average molecular weight is 306 g/mol. The summed E-state index contributed by atoms with van der Waals surface area (Å²) in [5.74, 6) is 1.43. The van der Waals surface area contributed by atoms with Crippen LogP contribution in [-0.4, -0.2) is 10.9 Å². The molecule has 116 valence electrons. The number of para-hydroxylation sites is 1. The van der Waals surface area contributed by atoms with Gasteiger partial charge in [0.05, 0.1) is 6.20 Å². The number of carbonyl (C=O) groups is 1. The Balaban J connectivity index is 1.48. The summed E-state index contributed by atoms with van der Waals surface area (Å²) in [6.45, 7) is 0. The predicted octanol–water partition coefficient (Wildman–Crippen LogP) is 4.30. The molecule has 1 N–H and O–H groups in total. The van der Waals surface area contributed by atoms with Gasteiger partial charge in [-0.25, -0.2) is 4.98 Å². The zero-order valence-electron chi connectivity index (χ0n) is 12.7. The van der Waals surface area contributed by atoms with Crippen LogP contribution in [0.1, 0.15) is 18.7 Å². The Bertz CT molecular complexity index is 751. The van der Waals surface area contributed by atoms with E-state index >= 15 is 0 Å². The number of hydrogen-bond donors (Lipinski definition) is 1. The highest BCUT2D eigenvalue weighted by molar-refractivity contribution is 5.90. The van der Waals surface area contributed by atoms with Crippen LogP contribution < -0.4 is 5.32 Å². The lowest BCUT2D eigenvalue weighted by molar-refractivity contribution is -0.116. The van der Waals surface area contributed by atoms with E-state index < -0.39 is 0 Å². The topological polar surface area (TPSA) is 55.1 Å². The quantitative estimate of drug-likeness (QED) is 0.738. The highest BCUT2D eigenvalue weighted by atomic mass is 16.4. The van der Waals surface area contributed by atoms with Crippen LogP contribution in [0.5, 0.6) is 0 Å². The number of hydrogen-bond acceptors (Lipinski definition) is 3. The molecule has 0 atom stereocenters. The van der Waals surface area contributed by atoms with Crippen molar-refractivity contribution < 1.29 is 9.21 Å². The van der Waals surface area contributed by atoms with Gasteiger partial charge in [-0.2, -0.15) is 0 Å². The number of carbonyl (C=O) groups excluding carboxylic acids is 1. The van der Waals surface area contributed by atoms with Gasteiger partial charge < -0.3 is 9.73 Å². The monoisotopic (exact) mass is 306 g/mol. The molecule has 1 aromatic heterocycles. The van der Waals surface area contributed by atoms with Crippen molar-refractivity contribution in [2.45, 2.75) is 19.3 Å². The second-order valence-corrected chi connectivity index (χ2v) is 5.25. The number of nitrogens with zero attached hydrogens (tertiary/aromatic N) is 1. The summed E-state index contributed by atoms with van der Waals surface area (Å²) in [6, 6.07) is 19.3. The van der Waals surface area contributed by atoms with Gasteiger partial charge in [0, 0.05) is 24.1 Å². The van der Waals surface area contributed by atoms with E-state index in [1.165, 1.54) is 0 Å². The highest BCUT2D eigenvalue weighted by Gasteiger charge is 2.07. The lowest BCUT2D eigenvalue weighted by Crippen LogP contribution is -2.11. The highest BCUT2D eigenvalue weighted by Crippen LogP contribution is 2.20. The SMILES string of the molecule is O=C(CCCc1ncc(-c2ccccc2)o1)Nc1ccccc1. The molecule has 0 spiro atoms. The van der Waals surface area contributed by atoms with E-state index in [-0.39, 0.29) is 5.91 Å². The first-order valence-corrected chi connectivity index (χ1v) is 7.66. The van der Waals surface area contributed by atoms with Gasteiger partial charge in [0.2, 0.25) is 5.91 Å². The third-order valence-corrected chi connectivity index (χ3v) is 3.46. The number of aromatic nitrogens is 1. The number of nitrogens with one attached hydrogen (secondary N) is 1. The molecule has 0 unspecified atom stereocenters. The predicted molar refractivity (Wildman–Crippen MR) is 89.9 cm³/mol. The van der Waals surface area contributed by atoms with E-state index in [1.54, 1.807) is 6.20 Å². The van der Waals surface area contributed by atoms with Crippen molar-refractivity contribution in [2.24, 2.45) is 0 Å². The maximum atomic E-state index is 11.9. The third-order valence-electron chi connectivity index (χ3n) is 3.46. The number of aryl methyl sites for hydroxylation is 1. The maximum Gasteiger partial charge on any atom is 0.224 e. The molecular formula is C19H18N2O2. The molecule has 23 heavy (non-hydrogen) atoms. The Hall–Kier alpha value is -2.88. The fourth-order valence-electron chi connectivity index (χ4n) is 2.31. The van der Waals surface area contributed by atoms with E-state index in [9.17, 15) is 4.79 Å². The van der Waals surface area contributed by atoms with Gasteiger partial charge in [0.15, 0.2) is 11.7 Å². The average Bonchev–Trinajstić information content (AvgIpc) is 3.05. The van der Waals surface area contributed by atoms with Gasteiger partial charge in [-0.15, -0.1) is 0 Å². The second-order valence-electron chi connectivity index (χ2n) is 5.25. The summed E-state index contributed by atoms with van der Waals surface area (Å²) in [5, 5.41) is 2.87. The Morgan fingerprint density at radius 3 is 2.43 bits per heavy atom. The molecule has 0 bridgehead atoms. The first-order chi connectivity index (χ1) is 11.3. The standard InChI is InChI=1S/C19H18N2O2/c22-18(21-16-10-5-2-6-11-16)12-7-13-19-20-14-17(23-19)15-8-3-1-4-9-15/h1-6,8-11,14H,7,12-13H2,(H,21,22). The molecule has 0 saturated carbocycles. The van der Waals surface area contributed by atoms with Crippen molar-refractivity contribution >= 4 is 11.6 Å². The fraction of sp³-hybridized carbons (Fsp3) is 0.158. The first kappa shape index (κ1) is 15.0. The zero-order valence-corrected chi connectivity index (χ0v) is 12.7. The van der Waals surface area contributed by atoms with Gasteiger partial charge in [-0.05, 0) is 18.6 Å². The molecule has 0 radical (unpaired) electrons. The maximum absolute atomic E-state index is 11.9. The molecule has 0 saturated heterocycles. The van der Waals surface area contributed by atoms with Crippen molar-refractivity contribution in [3.63, 3.8) is 0 Å². The van der Waals surface area contributed by atoms with Crippen LogP contribution in [0.25, 0.3) is 11.3 Å². The van der Waals surface area contributed by atoms with Crippen LogP contribution in [0.3, 0.4) is 0 Å². The lowest BCUT2D eigenvalue weighted by atomic mass is 10.2. The van der Waals surface area contributed by atoms with Gasteiger partial charge in [0.1, 0.15) is 0 Å². The summed E-state index contributed by atoms with van der Waals surface area (Å²) in [4.78, 5) is 16.1. The molecule has 1 amide bonds. The van der Waals surface area contributed by atoms with Crippen LogP contribution in [-0.2, 0) is 11.2 Å². The van der Waals surface area contributed by atoms with Crippen LogP contribution in [0.4, 0.5) is 5.69 Å². The number of rotatable bonds is 6. The fourth-order valence-corrected chi connectivity index (χ4v) is 2.31. The minimum Gasteiger partial charge on any atom is -0.441 e. The summed E-state index contributed by atoms with van der Waals surface area (Å²) >= 11 is 0. The van der Waals surface area contributed by atoms with Gasteiger partial charge in [-0.1, -0.05) is 48.5 Å². The third kappa shape index (κ3) is 4.30. The van der Waals surface area contributed by atoms with E-state index in [1.807, 2.05) is 60.7 Å². The molecular weight excluding hydrogens is 288 g/mol. The second kappa shape index (κ2) is 7.40. The molecule has 3 rings (SSSR count). The molecule has 4 nitrogen and oxygen atoms in total. The minimum atomic E-state index is 0.00559. The van der Waals surface area contributed by atoms with Crippen molar-refractivity contribution in [3.05, 3.63) is 72.8 Å². The first-order valence-electron chi connectivity index (χ1n) is 7.66. The molecule has 0 aliphatic rings. The Labute approximate surface area is 135 Å². The van der Waals surface area contributed by atoms with Crippen molar-refractivity contribution in [1.29, 1.82) is 0 Å². The number of benzene rings is 2. The zero-order chi connectivity index (χ0) is 15.9. The Morgan fingerprint density at radius 1 is 1.00 bits per heavy atom. The van der Waals surface area contributed by atoms with Crippen molar-refractivity contribution in [1.82, 2.24) is 4.98 Å². The molecule has 0 fully saturated rings. The largest absolute Gasteiger partial charge is 0.441 e. The Kier molecular flexibility index (Phi) is 4.84. The normalized spacial score (nSPS) is 10.4. The molecule has 1 heterocycles. The van der Waals surface area contributed by atoms with E-state index in [0.717, 1.165) is 17.0 Å². The molecule has 4 heteroatoms. The van der Waals surface area contributed by atoms with Gasteiger partial charge >= 0.3 is 0 Å².